The lowest BCUT2D eigenvalue weighted by Crippen LogP contribution is -2.02. The highest BCUT2D eigenvalue weighted by Gasteiger charge is 2.12. The van der Waals surface area contributed by atoms with E-state index < -0.39 is 0 Å². The highest BCUT2D eigenvalue weighted by Crippen LogP contribution is 2.25. The number of hydrogen-bond donors (Lipinski definition) is 0. The average Bonchev–Trinajstić information content (AvgIpc) is 2.59. The molecule has 0 N–H and O–H groups in total. The number of nitrogens with zero attached hydrogens (tertiary/aromatic N) is 2. The van der Waals surface area contributed by atoms with Gasteiger partial charge in [0.2, 0.25) is 0 Å². The fourth-order valence-corrected chi connectivity index (χ4v) is 2.45. The molecule has 92 valence electrons. The Balaban J connectivity index is 2.64. The van der Waals surface area contributed by atoms with Gasteiger partial charge in [-0.25, -0.2) is 0 Å². The normalized spacial score (nSPS) is 10.4. The molecule has 1 heterocycles. The molecule has 3 heteroatoms. The number of aryl methyl sites for hydroxylation is 2. The first-order valence-corrected chi connectivity index (χ1v) is 6.23. The fraction of sp³-hybridized carbons (Fsp3) is 0.267. The smallest absolute Gasteiger partial charge is 0.0670 e. The highest BCUT2D eigenvalue weighted by molar-refractivity contribution is 6.30. The van der Waals surface area contributed by atoms with Crippen molar-refractivity contribution in [1.29, 1.82) is 5.26 Å². The second kappa shape index (κ2) is 4.88. The summed E-state index contributed by atoms with van der Waals surface area (Å²) in [6, 6.07) is 10.1. The molecule has 2 rings (SSSR count). The predicted octanol–water partition coefficient (Wildman–Crippen LogP) is 4.12. The molecule has 0 aliphatic carbocycles. The van der Waals surface area contributed by atoms with Gasteiger partial charge in [0.15, 0.2) is 0 Å². The van der Waals surface area contributed by atoms with Gasteiger partial charge in [0.05, 0.1) is 12.5 Å². The number of aromatic nitrogens is 1. The molecular weight excluding hydrogens is 244 g/mol. The molecule has 0 aliphatic heterocycles. The molecule has 1 aromatic carbocycles. The molecule has 0 aliphatic rings. The van der Waals surface area contributed by atoms with Gasteiger partial charge < -0.3 is 4.57 Å². The number of hydrogen-bond acceptors (Lipinski definition) is 1. The van der Waals surface area contributed by atoms with Crippen LogP contribution in [0, 0.1) is 32.1 Å². The third kappa shape index (κ3) is 2.14. The van der Waals surface area contributed by atoms with Gasteiger partial charge in [-0.05, 0) is 50.1 Å². The Labute approximate surface area is 112 Å². The van der Waals surface area contributed by atoms with E-state index in [-0.39, 0.29) is 0 Å². The number of nitriles is 1. The van der Waals surface area contributed by atoms with Crippen molar-refractivity contribution in [3.8, 4) is 11.8 Å². The topological polar surface area (TPSA) is 28.7 Å². The quantitative estimate of drug-likeness (QED) is 0.796. The van der Waals surface area contributed by atoms with Crippen LogP contribution in [0.15, 0.2) is 24.3 Å². The highest BCUT2D eigenvalue weighted by atomic mass is 35.5. The summed E-state index contributed by atoms with van der Waals surface area (Å²) < 4.78 is 2.16. The molecule has 2 aromatic rings. The van der Waals surface area contributed by atoms with Gasteiger partial charge in [0.25, 0.3) is 0 Å². The summed E-state index contributed by atoms with van der Waals surface area (Å²) in [6.07, 6.45) is 0.444. The summed E-state index contributed by atoms with van der Waals surface area (Å²) in [7, 11) is 0. The van der Waals surface area contributed by atoms with Gasteiger partial charge in [-0.15, -0.1) is 0 Å². The maximum absolute atomic E-state index is 8.83. The van der Waals surface area contributed by atoms with E-state index in [2.05, 4.69) is 23.6 Å². The maximum Gasteiger partial charge on any atom is 0.0670 e. The molecule has 0 atom stereocenters. The zero-order valence-electron chi connectivity index (χ0n) is 10.8. The summed E-state index contributed by atoms with van der Waals surface area (Å²) in [4.78, 5) is 0. The Bertz CT molecular complexity index is 633. The van der Waals surface area contributed by atoms with Crippen molar-refractivity contribution in [1.82, 2.24) is 4.57 Å². The molecule has 2 nitrogen and oxygen atoms in total. The molecule has 0 amide bonds. The lowest BCUT2D eigenvalue weighted by atomic mass is 10.2. The Morgan fingerprint density at radius 1 is 1.22 bits per heavy atom. The van der Waals surface area contributed by atoms with E-state index >= 15 is 0 Å². The minimum Gasteiger partial charge on any atom is -0.318 e. The van der Waals surface area contributed by atoms with Gasteiger partial charge in [-0.1, -0.05) is 17.7 Å². The summed E-state index contributed by atoms with van der Waals surface area (Å²) in [5, 5.41) is 9.56. The van der Waals surface area contributed by atoms with Crippen molar-refractivity contribution in [2.45, 2.75) is 27.2 Å². The van der Waals surface area contributed by atoms with E-state index in [0.717, 1.165) is 27.7 Å². The van der Waals surface area contributed by atoms with Gasteiger partial charge in [-0.3, -0.25) is 0 Å². The Kier molecular flexibility index (Phi) is 3.45. The number of halogens is 1. The Hall–Kier alpha value is -1.72. The van der Waals surface area contributed by atoms with E-state index in [1.807, 2.05) is 32.0 Å². The largest absolute Gasteiger partial charge is 0.318 e. The minimum absolute atomic E-state index is 0.444. The lowest BCUT2D eigenvalue weighted by Gasteiger charge is -2.13. The maximum atomic E-state index is 8.83. The van der Waals surface area contributed by atoms with Crippen LogP contribution in [0.5, 0.6) is 0 Å². The van der Waals surface area contributed by atoms with E-state index in [4.69, 9.17) is 16.9 Å². The van der Waals surface area contributed by atoms with Crippen LogP contribution < -0.4 is 0 Å². The zero-order chi connectivity index (χ0) is 13.3. The zero-order valence-corrected chi connectivity index (χ0v) is 11.5. The van der Waals surface area contributed by atoms with Crippen LogP contribution in [-0.4, -0.2) is 4.57 Å². The van der Waals surface area contributed by atoms with Crippen molar-refractivity contribution in [3.05, 3.63) is 51.8 Å². The van der Waals surface area contributed by atoms with Gasteiger partial charge in [0.1, 0.15) is 0 Å². The molecule has 0 saturated heterocycles. The minimum atomic E-state index is 0.444. The van der Waals surface area contributed by atoms with Crippen LogP contribution >= 0.6 is 11.6 Å². The molecular formula is C15H15ClN2. The van der Waals surface area contributed by atoms with Crippen molar-refractivity contribution in [3.63, 3.8) is 0 Å². The molecule has 0 unspecified atom stereocenters. The van der Waals surface area contributed by atoms with Gasteiger partial charge >= 0.3 is 0 Å². The van der Waals surface area contributed by atoms with Crippen LogP contribution in [0.4, 0.5) is 0 Å². The lowest BCUT2D eigenvalue weighted by molar-refractivity contribution is 0.946. The third-order valence-corrected chi connectivity index (χ3v) is 3.45. The first-order chi connectivity index (χ1) is 8.54. The van der Waals surface area contributed by atoms with Crippen molar-refractivity contribution in [2.24, 2.45) is 0 Å². The van der Waals surface area contributed by atoms with E-state index in [1.165, 1.54) is 5.56 Å². The average molecular weight is 259 g/mol. The summed E-state index contributed by atoms with van der Waals surface area (Å²) >= 11 is 6.07. The predicted molar refractivity (Wildman–Crippen MR) is 74.3 cm³/mol. The van der Waals surface area contributed by atoms with Gasteiger partial charge in [0, 0.05) is 22.1 Å². The first kappa shape index (κ1) is 12.7. The third-order valence-electron chi connectivity index (χ3n) is 3.22. The summed E-state index contributed by atoms with van der Waals surface area (Å²) in [5.74, 6) is 0. The van der Waals surface area contributed by atoms with E-state index in [0.29, 0.717) is 6.42 Å². The molecule has 0 saturated carbocycles. The van der Waals surface area contributed by atoms with Crippen LogP contribution in [0.25, 0.3) is 5.69 Å². The van der Waals surface area contributed by atoms with Crippen LogP contribution in [0.2, 0.25) is 5.02 Å². The second-order valence-electron chi connectivity index (χ2n) is 4.50. The van der Waals surface area contributed by atoms with E-state index in [1.54, 1.807) is 0 Å². The van der Waals surface area contributed by atoms with E-state index in [9.17, 15) is 0 Å². The standard InChI is InChI=1S/C15H15ClN2/c1-10-4-5-14(16)9-15(10)18-11(2)8-13(6-7-17)12(18)3/h4-5,8-9H,6H2,1-3H3. The van der Waals surface area contributed by atoms with Crippen molar-refractivity contribution >= 4 is 11.6 Å². The first-order valence-electron chi connectivity index (χ1n) is 5.86. The number of rotatable bonds is 2. The van der Waals surface area contributed by atoms with Crippen molar-refractivity contribution < 1.29 is 0 Å². The monoisotopic (exact) mass is 258 g/mol. The SMILES string of the molecule is Cc1ccc(Cl)cc1-n1c(C)cc(CC#N)c1C. The van der Waals surface area contributed by atoms with Crippen LogP contribution in [0.3, 0.4) is 0 Å². The van der Waals surface area contributed by atoms with Gasteiger partial charge in [-0.2, -0.15) is 5.26 Å². The Morgan fingerprint density at radius 2 is 1.94 bits per heavy atom. The fourth-order valence-electron chi connectivity index (χ4n) is 2.29. The van der Waals surface area contributed by atoms with Crippen molar-refractivity contribution in [2.75, 3.05) is 0 Å². The molecule has 0 spiro atoms. The number of benzene rings is 1. The second-order valence-corrected chi connectivity index (χ2v) is 4.93. The molecule has 18 heavy (non-hydrogen) atoms. The summed E-state index contributed by atoms with van der Waals surface area (Å²) in [5.41, 5.74) is 5.57. The molecule has 0 fully saturated rings. The summed E-state index contributed by atoms with van der Waals surface area (Å²) in [6.45, 7) is 6.16. The molecule has 0 bridgehead atoms. The molecule has 1 aromatic heterocycles. The van der Waals surface area contributed by atoms with Crippen LogP contribution in [0.1, 0.15) is 22.5 Å². The van der Waals surface area contributed by atoms with Crippen LogP contribution in [-0.2, 0) is 6.42 Å². The molecule has 0 radical (unpaired) electrons. The Morgan fingerprint density at radius 3 is 2.61 bits per heavy atom.